The third-order valence-corrected chi connectivity index (χ3v) is 0.595. The fourth-order valence-electron chi connectivity index (χ4n) is 0.321. The smallest absolute Gasteiger partial charge is 0.269 e. The molecule has 8 heavy (non-hydrogen) atoms. The van der Waals surface area contributed by atoms with Gasteiger partial charge in [-0.3, -0.25) is 0 Å². The van der Waals surface area contributed by atoms with Gasteiger partial charge in [0.15, 0.2) is 0 Å². The normalized spacial score (nSPS) is 11.6. The van der Waals surface area contributed by atoms with Crippen LogP contribution < -0.4 is 0 Å². The first-order valence-electron chi connectivity index (χ1n) is 2.61. The van der Waals surface area contributed by atoms with Gasteiger partial charge in [0.25, 0.3) is 6.01 Å². The van der Waals surface area contributed by atoms with Crippen LogP contribution >= 0.6 is 0 Å². The molecule has 0 spiro atoms. The van der Waals surface area contributed by atoms with Gasteiger partial charge in [-0.15, -0.1) is 0 Å². The van der Waals surface area contributed by atoms with Gasteiger partial charge in [-0.1, -0.05) is 6.92 Å². The minimum Gasteiger partial charge on any atom is -0.464 e. The van der Waals surface area contributed by atoms with Gasteiger partial charge in [-0.25, -0.2) is 0 Å². The van der Waals surface area contributed by atoms with Crippen molar-refractivity contribution in [1.29, 1.82) is 0 Å². The molecule has 47 valence electrons. The molecule has 0 aliphatic carbocycles. The van der Waals surface area contributed by atoms with Crippen molar-refractivity contribution in [2.45, 2.75) is 20.3 Å². The summed E-state index contributed by atoms with van der Waals surface area (Å²) in [7, 11) is 0. The zero-order chi connectivity index (χ0) is 6.41. The Morgan fingerprint density at radius 3 is 2.75 bits per heavy atom. The van der Waals surface area contributed by atoms with E-state index in [1.54, 1.807) is 6.92 Å². The summed E-state index contributed by atoms with van der Waals surface area (Å²) in [5.74, 6) is 0. The van der Waals surface area contributed by atoms with Crippen LogP contribution in [0.25, 0.3) is 0 Å². The van der Waals surface area contributed by atoms with E-state index in [9.17, 15) is 4.39 Å². The summed E-state index contributed by atoms with van der Waals surface area (Å²) in [6.45, 7) is 4.78. The molecule has 0 unspecified atom stereocenters. The molecule has 0 saturated heterocycles. The molecule has 0 aromatic heterocycles. The lowest BCUT2D eigenvalue weighted by atomic mass is 10.5. The summed E-state index contributed by atoms with van der Waals surface area (Å²) in [6, 6.07) is -0.519. The van der Waals surface area contributed by atoms with E-state index in [2.05, 4.69) is 4.74 Å². The van der Waals surface area contributed by atoms with Crippen molar-refractivity contribution < 1.29 is 9.13 Å². The van der Waals surface area contributed by atoms with E-state index >= 15 is 0 Å². The summed E-state index contributed by atoms with van der Waals surface area (Å²) < 4.78 is 16.4. The third-order valence-electron chi connectivity index (χ3n) is 0.595. The molecule has 0 fully saturated rings. The van der Waals surface area contributed by atoms with Crippen LogP contribution in [0.2, 0.25) is 0 Å². The highest BCUT2D eigenvalue weighted by Crippen LogP contribution is 2.00. The average Bonchev–Trinajstić information content (AvgIpc) is 1.68. The predicted octanol–water partition coefficient (Wildman–Crippen LogP) is 2.41. The van der Waals surface area contributed by atoms with E-state index in [-0.39, 0.29) is 0 Å². The number of hydrogen-bond acceptors (Lipinski definition) is 1. The maximum atomic E-state index is 12.0. The molecule has 0 aliphatic heterocycles. The Morgan fingerprint density at radius 1 is 1.75 bits per heavy atom. The second-order valence-corrected chi connectivity index (χ2v) is 1.27. The Labute approximate surface area is 49.2 Å². The fourth-order valence-corrected chi connectivity index (χ4v) is 0.321. The SMILES string of the molecule is C[CH]O/C(F)=C/CC. The molecule has 2 heteroatoms. The molecule has 0 heterocycles. The number of allylic oxidation sites excluding steroid dienone is 1. The molecule has 0 rings (SSSR count). The average molecular weight is 117 g/mol. The number of hydrogen-bond donors (Lipinski definition) is 0. The summed E-state index contributed by atoms with van der Waals surface area (Å²) >= 11 is 0. The van der Waals surface area contributed by atoms with Crippen LogP contribution in [-0.4, -0.2) is 0 Å². The molecular weight excluding hydrogens is 107 g/mol. The Bertz CT molecular complexity index is 78.6. The molecule has 1 nitrogen and oxygen atoms in total. The molecular formula is C6H10FO. The number of halogens is 1. The van der Waals surface area contributed by atoms with E-state index in [1.165, 1.54) is 12.7 Å². The molecule has 0 aromatic rings. The van der Waals surface area contributed by atoms with Gasteiger partial charge in [-0.05, 0) is 19.4 Å². The van der Waals surface area contributed by atoms with Gasteiger partial charge >= 0.3 is 0 Å². The molecule has 0 aromatic carbocycles. The van der Waals surface area contributed by atoms with Crippen LogP contribution in [0, 0.1) is 6.61 Å². The monoisotopic (exact) mass is 117 g/mol. The highest BCUT2D eigenvalue weighted by Gasteiger charge is 1.87. The predicted molar refractivity (Wildman–Crippen MR) is 30.5 cm³/mol. The van der Waals surface area contributed by atoms with Crippen LogP contribution in [-0.2, 0) is 4.74 Å². The zero-order valence-electron chi connectivity index (χ0n) is 5.15. The minimum atomic E-state index is -0.519. The van der Waals surface area contributed by atoms with Crippen molar-refractivity contribution >= 4 is 0 Å². The first kappa shape index (κ1) is 7.47. The maximum absolute atomic E-state index is 12.0. The van der Waals surface area contributed by atoms with Crippen LogP contribution in [0.3, 0.4) is 0 Å². The first-order valence-corrected chi connectivity index (χ1v) is 2.61. The van der Waals surface area contributed by atoms with Crippen molar-refractivity contribution in [1.82, 2.24) is 0 Å². The second-order valence-electron chi connectivity index (χ2n) is 1.27. The lowest BCUT2D eigenvalue weighted by Gasteiger charge is -1.93. The fraction of sp³-hybridized carbons (Fsp3) is 0.500. The molecule has 0 aliphatic rings. The molecule has 1 radical (unpaired) electrons. The highest BCUT2D eigenvalue weighted by molar-refractivity contribution is 4.80. The Kier molecular flexibility index (Phi) is 4.32. The van der Waals surface area contributed by atoms with Gasteiger partial charge in [0.05, 0.1) is 0 Å². The van der Waals surface area contributed by atoms with Crippen molar-refractivity contribution in [2.24, 2.45) is 0 Å². The Balaban J connectivity index is 3.29. The van der Waals surface area contributed by atoms with E-state index in [4.69, 9.17) is 0 Å². The summed E-state index contributed by atoms with van der Waals surface area (Å²) in [4.78, 5) is 0. The van der Waals surface area contributed by atoms with Gasteiger partial charge < -0.3 is 4.74 Å². The third kappa shape index (κ3) is 3.65. The van der Waals surface area contributed by atoms with Gasteiger partial charge in [0.1, 0.15) is 6.61 Å². The topological polar surface area (TPSA) is 9.23 Å². The minimum absolute atomic E-state index is 0.519. The number of ether oxygens (including phenoxy) is 1. The largest absolute Gasteiger partial charge is 0.464 e. The quantitative estimate of drug-likeness (QED) is 0.516. The van der Waals surface area contributed by atoms with Crippen LogP contribution in [0.4, 0.5) is 4.39 Å². The van der Waals surface area contributed by atoms with Crippen LogP contribution in [0.15, 0.2) is 12.1 Å². The molecule has 0 amide bonds. The molecule has 0 N–H and O–H groups in total. The lowest BCUT2D eigenvalue weighted by Crippen LogP contribution is -1.77. The van der Waals surface area contributed by atoms with Crippen LogP contribution in [0.1, 0.15) is 20.3 Å². The van der Waals surface area contributed by atoms with Crippen molar-refractivity contribution in [3.05, 3.63) is 18.7 Å². The summed E-state index contributed by atoms with van der Waals surface area (Å²) in [6.07, 6.45) is 2.04. The van der Waals surface area contributed by atoms with Gasteiger partial charge in [0.2, 0.25) is 0 Å². The molecule has 0 saturated carbocycles. The van der Waals surface area contributed by atoms with Crippen LogP contribution in [0.5, 0.6) is 0 Å². The second kappa shape index (κ2) is 4.62. The maximum Gasteiger partial charge on any atom is 0.269 e. The zero-order valence-corrected chi connectivity index (χ0v) is 5.15. The van der Waals surface area contributed by atoms with Gasteiger partial charge in [0, 0.05) is 0 Å². The van der Waals surface area contributed by atoms with E-state index in [1.807, 2.05) is 6.92 Å². The summed E-state index contributed by atoms with van der Waals surface area (Å²) in [5.41, 5.74) is 0. The molecule has 0 bridgehead atoms. The first-order chi connectivity index (χ1) is 3.81. The van der Waals surface area contributed by atoms with Crippen molar-refractivity contribution in [3.8, 4) is 0 Å². The van der Waals surface area contributed by atoms with E-state index < -0.39 is 6.01 Å². The Hall–Kier alpha value is -0.530. The summed E-state index contributed by atoms with van der Waals surface area (Å²) in [5, 5.41) is 0. The van der Waals surface area contributed by atoms with E-state index in [0.717, 1.165) is 0 Å². The molecule has 0 atom stereocenters. The Morgan fingerprint density at radius 2 is 2.38 bits per heavy atom. The van der Waals surface area contributed by atoms with Gasteiger partial charge in [-0.2, -0.15) is 4.39 Å². The number of rotatable bonds is 3. The van der Waals surface area contributed by atoms with E-state index in [0.29, 0.717) is 6.42 Å². The van der Waals surface area contributed by atoms with Crippen molar-refractivity contribution in [2.75, 3.05) is 0 Å². The highest BCUT2D eigenvalue weighted by atomic mass is 19.1. The lowest BCUT2D eigenvalue weighted by molar-refractivity contribution is 0.206. The standard InChI is InChI=1S/C6H10FO/c1-3-5-6(7)8-4-2/h4-5H,3H2,1-2H3/b6-5+. The van der Waals surface area contributed by atoms with Crippen molar-refractivity contribution in [3.63, 3.8) is 0 Å².